The van der Waals surface area contributed by atoms with Crippen molar-refractivity contribution in [3.8, 4) is 11.5 Å². The van der Waals surface area contributed by atoms with Gasteiger partial charge in [-0.2, -0.15) is 5.10 Å². The molecule has 8 heteroatoms. The number of hydrogen-bond acceptors (Lipinski definition) is 6. The average Bonchev–Trinajstić information content (AvgIpc) is 3.05. The van der Waals surface area contributed by atoms with Crippen LogP contribution in [-0.4, -0.2) is 25.0 Å². The van der Waals surface area contributed by atoms with E-state index in [2.05, 4.69) is 20.3 Å². The van der Waals surface area contributed by atoms with Crippen LogP contribution in [-0.2, 0) is 12.8 Å². The summed E-state index contributed by atoms with van der Waals surface area (Å²) in [4.78, 5) is 13.9. The zero-order chi connectivity index (χ0) is 14.8. The molecule has 0 spiro atoms. The minimum Gasteiger partial charge on any atom is -0.411 e. The molecule has 0 saturated carbocycles. The maximum Gasteiger partial charge on any atom is 0.343 e. The van der Waals surface area contributed by atoms with Crippen molar-refractivity contribution in [3.05, 3.63) is 46.1 Å². The van der Waals surface area contributed by atoms with Gasteiger partial charge < -0.3 is 4.42 Å². The number of hydrogen-bond donors (Lipinski definition) is 1. The van der Waals surface area contributed by atoms with Gasteiger partial charge in [0.05, 0.1) is 5.75 Å². The van der Waals surface area contributed by atoms with Crippen molar-refractivity contribution in [2.24, 2.45) is 7.05 Å². The van der Waals surface area contributed by atoms with Gasteiger partial charge in [-0.25, -0.2) is 9.48 Å². The van der Waals surface area contributed by atoms with Gasteiger partial charge >= 0.3 is 5.69 Å². The van der Waals surface area contributed by atoms with Gasteiger partial charge in [-0.15, -0.1) is 10.2 Å². The highest BCUT2D eigenvalue weighted by Crippen LogP contribution is 2.24. The van der Waals surface area contributed by atoms with Crippen LogP contribution in [0.1, 0.15) is 11.4 Å². The van der Waals surface area contributed by atoms with Gasteiger partial charge in [0.15, 0.2) is 0 Å². The number of benzene rings is 1. The molecule has 0 fully saturated rings. The second-order valence-electron chi connectivity index (χ2n) is 4.53. The first-order chi connectivity index (χ1) is 10.1. The lowest BCUT2D eigenvalue weighted by Crippen LogP contribution is -2.13. The third-order valence-electron chi connectivity index (χ3n) is 2.85. The summed E-state index contributed by atoms with van der Waals surface area (Å²) >= 11 is 1.33. The number of aromatic amines is 1. The second-order valence-corrected chi connectivity index (χ2v) is 5.45. The lowest BCUT2D eigenvalue weighted by atomic mass is 10.1. The fraction of sp³-hybridized carbons (Fsp3) is 0.231. The highest BCUT2D eigenvalue weighted by Gasteiger charge is 2.10. The van der Waals surface area contributed by atoms with E-state index in [0.717, 1.165) is 5.56 Å². The Balaban J connectivity index is 1.70. The first-order valence-corrected chi connectivity index (χ1v) is 7.26. The van der Waals surface area contributed by atoms with Crippen molar-refractivity contribution in [3.63, 3.8) is 0 Å². The van der Waals surface area contributed by atoms with E-state index in [1.165, 1.54) is 22.0 Å². The number of rotatable bonds is 4. The summed E-state index contributed by atoms with van der Waals surface area (Å²) in [6, 6.07) is 7.86. The summed E-state index contributed by atoms with van der Waals surface area (Å²) in [6.07, 6.45) is 0. The fourth-order valence-electron chi connectivity index (χ4n) is 1.73. The summed E-state index contributed by atoms with van der Waals surface area (Å²) in [5, 5.41) is 12.5. The van der Waals surface area contributed by atoms with E-state index in [-0.39, 0.29) is 5.69 Å². The molecule has 3 aromatic rings. The molecule has 0 amide bonds. The van der Waals surface area contributed by atoms with E-state index < -0.39 is 0 Å². The van der Waals surface area contributed by atoms with E-state index in [1.54, 1.807) is 7.05 Å². The van der Waals surface area contributed by atoms with Crippen LogP contribution in [0.2, 0.25) is 0 Å². The topological polar surface area (TPSA) is 89.6 Å². The fourth-order valence-corrected chi connectivity index (χ4v) is 2.36. The van der Waals surface area contributed by atoms with Crippen LogP contribution < -0.4 is 5.69 Å². The second kappa shape index (κ2) is 5.57. The van der Waals surface area contributed by atoms with Crippen LogP contribution in [0.5, 0.6) is 0 Å². The molecule has 108 valence electrons. The maximum absolute atomic E-state index is 11.3. The molecule has 3 rings (SSSR count). The van der Waals surface area contributed by atoms with Gasteiger partial charge in [-0.3, -0.25) is 4.98 Å². The summed E-state index contributed by atoms with van der Waals surface area (Å²) < 4.78 is 6.83. The van der Waals surface area contributed by atoms with Gasteiger partial charge in [0.25, 0.3) is 5.22 Å². The molecule has 0 saturated heterocycles. The van der Waals surface area contributed by atoms with Crippen molar-refractivity contribution < 1.29 is 4.42 Å². The van der Waals surface area contributed by atoms with Crippen molar-refractivity contribution >= 4 is 11.8 Å². The Bertz CT molecular complexity index is 803. The third kappa shape index (κ3) is 3.05. The molecule has 21 heavy (non-hydrogen) atoms. The van der Waals surface area contributed by atoms with E-state index in [1.807, 2.05) is 31.2 Å². The van der Waals surface area contributed by atoms with Gasteiger partial charge in [-0.1, -0.05) is 29.5 Å². The van der Waals surface area contributed by atoms with Crippen LogP contribution in [0, 0.1) is 6.92 Å². The third-order valence-corrected chi connectivity index (χ3v) is 3.68. The van der Waals surface area contributed by atoms with Crippen molar-refractivity contribution in [2.45, 2.75) is 17.9 Å². The van der Waals surface area contributed by atoms with Gasteiger partial charge in [-0.05, 0) is 19.1 Å². The molecular weight excluding hydrogens is 290 g/mol. The van der Waals surface area contributed by atoms with Gasteiger partial charge in [0.2, 0.25) is 5.89 Å². The Morgan fingerprint density at radius 3 is 2.71 bits per heavy atom. The van der Waals surface area contributed by atoms with Crippen molar-refractivity contribution in [1.29, 1.82) is 0 Å². The van der Waals surface area contributed by atoms with Crippen LogP contribution in [0.4, 0.5) is 0 Å². The Morgan fingerprint density at radius 2 is 2.05 bits per heavy atom. The van der Waals surface area contributed by atoms with Crippen molar-refractivity contribution in [2.75, 3.05) is 0 Å². The zero-order valence-corrected chi connectivity index (χ0v) is 12.3. The highest BCUT2D eigenvalue weighted by molar-refractivity contribution is 7.98. The zero-order valence-electron chi connectivity index (χ0n) is 11.5. The quantitative estimate of drug-likeness (QED) is 0.739. The molecular formula is C13H13N5O2S. The van der Waals surface area contributed by atoms with E-state index in [4.69, 9.17) is 4.42 Å². The molecule has 2 aromatic heterocycles. The summed E-state index contributed by atoms with van der Waals surface area (Å²) in [6.45, 7) is 2.02. The van der Waals surface area contributed by atoms with Crippen molar-refractivity contribution in [1.82, 2.24) is 25.0 Å². The maximum atomic E-state index is 11.3. The number of nitrogens with zero attached hydrogens (tertiary/aromatic N) is 4. The molecule has 0 bridgehead atoms. The highest BCUT2D eigenvalue weighted by atomic mass is 32.2. The molecule has 0 atom stereocenters. The summed E-state index contributed by atoms with van der Waals surface area (Å²) in [5.74, 6) is 1.51. The summed E-state index contributed by atoms with van der Waals surface area (Å²) in [7, 11) is 1.59. The summed E-state index contributed by atoms with van der Waals surface area (Å²) in [5.41, 5.74) is 1.81. The molecule has 0 aliphatic rings. The lowest BCUT2D eigenvalue weighted by Gasteiger charge is -1.95. The van der Waals surface area contributed by atoms with Crippen LogP contribution >= 0.6 is 11.8 Å². The molecule has 0 aliphatic heterocycles. The normalized spacial score (nSPS) is 11.0. The smallest absolute Gasteiger partial charge is 0.343 e. The minimum atomic E-state index is -0.239. The number of thioether (sulfide) groups is 1. The molecule has 1 N–H and O–H groups in total. The van der Waals surface area contributed by atoms with Gasteiger partial charge in [0.1, 0.15) is 5.82 Å². The number of aromatic nitrogens is 5. The first kappa shape index (κ1) is 13.6. The van der Waals surface area contributed by atoms with E-state index in [9.17, 15) is 4.79 Å². The number of aryl methyl sites for hydroxylation is 2. The van der Waals surface area contributed by atoms with Crippen LogP contribution in [0.15, 0.2) is 38.7 Å². The number of H-pyrrole nitrogens is 1. The van der Waals surface area contributed by atoms with Gasteiger partial charge in [0, 0.05) is 12.6 Å². The minimum absolute atomic E-state index is 0.239. The van der Waals surface area contributed by atoms with E-state index >= 15 is 0 Å². The number of nitrogens with one attached hydrogen (secondary N) is 1. The van der Waals surface area contributed by atoms with E-state index in [0.29, 0.717) is 22.7 Å². The monoisotopic (exact) mass is 303 g/mol. The molecule has 0 aliphatic carbocycles. The standard InChI is InChI=1S/C13H13N5O2S/c1-8-3-5-9(6-4-8)11-15-16-13(20-11)21-7-10-14-12(19)18(2)17-10/h3-6H,7H2,1-2H3,(H,14,17,19). The Labute approximate surface area is 124 Å². The van der Waals surface area contributed by atoms with Crippen LogP contribution in [0.25, 0.3) is 11.5 Å². The Kier molecular flexibility index (Phi) is 3.61. The molecule has 7 nitrogen and oxygen atoms in total. The first-order valence-electron chi connectivity index (χ1n) is 6.27. The average molecular weight is 303 g/mol. The Hall–Kier alpha value is -2.35. The molecule has 2 heterocycles. The largest absolute Gasteiger partial charge is 0.411 e. The molecule has 0 unspecified atom stereocenters. The molecule has 0 radical (unpaired) electrons. The lowest BCUT2D eigenvalue weighted by molar-refractivity contribution is 0.465. The van der Waals surface area contributed by atoms with Crippen LogP contribution in [0.3, 0.4) is 0 Å². The predicted molar refractivity (Wildman–Crippen MR) is 77.9 cm³/mol. The SMILES string of the molecule is Cc1ccc(-c2nnc(SCc3nn(C)c(=O)[nH]3)o2)cc1. The molecule has 1 aromatic carbocycles. The predicted octanol–water partition coefficient (Wildman–Crippen LogP) is 1.76. The Morgan fingerprint density at radius 1 is 1.29 bits per heavy atom.